The molecular weight excluding hydrogens is 989 g/mol. The predicted molar refractivity (Wildman–Crippen MR) is 326 cm³/mol. The number of nitrogens with zero attached hydrogens (tertiary/aromatic N) is 12. The van der Waals surface area contributed by atoms with E-state index in [1.165, 1.54) is 83.0 Å². The topological polar surface area (TPSA) is 136 Å². The van der Waals surface area contributed by atoms with Crippen molar-refractivity contribution >= 4 is 71.1 Å². The molecule has 80 heavy (non-hydrogen) atoms. The molecule has 0 amide bonds. The first-order chi connectivity index (χ1) is 39.2. The van der Waals surface area contributed by atoms with Crippen LogP contribution in [0.4, 0.5) is 5.69 Å². The van der Waals surface area contributed by atoms with E-state index in [0.717, 1.165) is 118 Å². The first kappa shape index (κ1) is 51.0. The van der Waals surface area contributed by atoms with Gasteiger partial charge in [-0.1, -0.05) is 43.3 Å². The number of benzene rings is 6. The minimum atomic E-state index is 0.597. The highest BCUT2D eigenvalue weighted by atomic mass is 15.3. The molecule has 402 valence electrons. The summed E-state index contributed by atoms with van der Waals surface area (Å²) < 4.78 is 5.54. The fourth-order valence-electron chi connectivity index (χ4n) is 12.0. The molecule has 15 rings (SSSR count). The van der Waals surface area contributed by atoms with Gasteiger partial charge in [-0.05, 0) is 178 Å². The fraction of sp³-hybridized carbons (Fsp3) is 0.288. The summed E-state index contributed by atoms with van der Waals surface area (Å²) in [6.45, 7) is 12.2. The highest BCUT2D eigenvalue weighted by Crippen LogP contribution is 2.33. The maximum Gasteiger partial charge on any atom is 0.159 e. The lowest BCUT2D eigenvalue weighted by molar-refractivity contribution is 0.221. The third-order valence-electron chi connectivity index (χ3n) is 16.5. The van der Waals surface area contributed by atoms with Crippen molar-refractivity contribution in [2.75, 3.05) is 63.8 Å². The van der Waals surface area contributed by atoms with Gasteiger partial charge >= 0.3 is 0 Å². The van der Waals surface area contributed by atoms with Crippen molar-refractivity contribution in [3.63, 3.8) is 0 Å². The van der Waals surface area contributed by atoms with Crippen molar-refractivity contribution < 1.29 is 0 Å². The Morgan fingerprint density at radius 3 is 1.66 bits per heavy atom. The van der Waals surface area contributed by atoms with E-state index in [1.54, 1.807) is 0 Å². The van der Waals surface area contributed by atoms with E-state index < -0.39 is 0 Å². The van der Waals surface area contributed by atoms with E-state index in [9.17, 15) is 0 Å². The van der Waals surface area contributed by atoms with E-state index in [4.69, 9.17) is 15.0 Å². The van der Waals surface area contributed by atoms with Crippen LogP contribution in [0, 0.1) is 0 Å². The molecule has 0 saturated carbocycles. The van der Waals surface area contributed by atoms with E-state index >= 15 is 0 Å². The molecule has 0 unspecified atom stereocenters. The molecule has 2 N–H and O–H groups in total. The van der Waals surface area contributed by atoms with E-state index in [-0.39, 0.29) is 0 Å². The largest absolute Gasteiger partial charge is 0.369 e. The molecule has 0 radical (unpaired) electrons. The molecule has 0 aliphatic carbocycles. The summed E-state index contributed by atoms with van der Waals surface area (Å²) in [6, 6.07) is 47.6. The molecule has 9 heterocycles. The van der Waals surface area contributed by atoms with Crippen LogP contribution in [0.5, 0.6) is 0 Å². The third kappa shape index (κ3) is 11.0. The van der Waals surface area contributed by atoms with Crippen molar-refractivity contribution in [1.82, 2.24) is 64.8 Å². The summed E-state index contributed by atoms with van der Waals surface area (Å²) in [4.78, 5) is 24.3. The molecule has 3 aliphatic heterocycles. The number of piperidine rings is 2. The van der Waals surface area contributed by atoms with E-state index in [0.29, 0.717) is 11.8 Å². The lowest BCUT2D eigenvalue weighted by Gasteiger charge is -2.30. The molecule has 3 aliphatic rings. The minimum Gasteiger partial charge on any atom is -0.369 e. The first-order valence-electron chi connectivity index (χ1n) is 28.5. The normalized spacial score (nSPS) is 15.7. The van der Waals surface area contributed by atoms with Crippen LogP contribution in [0.25, 0.3) is 99.2 Å². The number of rotatable bonds is 7. The molecule has 3 saturated heterocycles. The van der Waals surface area contributed by atoms with Crippen molar-refractivity contribution in [1.29, 1.82) is 0 Å². The molecule has 14 heteroatoms. The SMILES string of the molecule is CCN1CCC(c2ccc3cc(-c4ccc5nn(C)cc5c4)ccc3n2)CC1.Cn1cc2cc(-c3ccc4cc(N5CCNCC5)ccc4n3)ccc2n1.Cn1cc2cc(-c3ncc4cc(C5CCNCC5)ccc4n3)ccc2n1. The van der Waals surface area contributed by atoms with Crippen molar-refractivity contribution in [2.45, 2.75) is 44.4 Å². The van der Waals surface area contributed by atoms with Gasteiger partial charge in [0, 0.05) is 133 Å². The maximum atomic E-state index is 5.01. The number of anilines is 1. The second-order valence-corrected chi connectivity index (χ2v) is 21.9. The second kappa shape index (κ2) is 22.4. The van der Waals surface area contributed by atoms with Crippen molar-refractivity contribution in [2.24, 2.45) is 21.1 Å². The smallest absolute Gasteiger partial charge is 0.159 e. The lowest BCUT2D eigenvalue weighted by atomic mass is 9.89. The Hall–Kier alpha value is -8.43. The van der Waals surface area contributed by atoms with Gasteiger partial charge in [0.25, 0.3) is 0 Å². The van der Waals surface area contributed by atoms with Crippen LogP contribution in [-0.4, -0.2) is 113 Å². The summed E-state index contributed by atoms with van der Waals surface area (Å²) >= 11 is 0. The average molecular weight is 1060 g/mol. The van der Waals surface area contributed by atoms with Gasteiger partial charge in [0.2, 0.25) is 0 Å². The highest BCUT2D eigenvalue weighted by Gasteiger charge is 2.21. The Kier molecular flexibility index (Phi) is 14.3. The summed E-state index contributed by atoms with van der Waals surface area (Å²) in [5, 5.41) is 27.1. The fourth-order valence-corrected chi connectivity index (χ4v) is 12.0. The van der Waals surface area contributed by atoms with E-state index in [1.807, 2.05) is 65.9 Å². The molecule has 6 aromatic carbocycles. The minimum absolute atomic E-state index is 0.597. The predicted octanol–water partition coefficient (Wildman–Crippen LogP) is 11.8. The van der Waals surface area contributed by atoms with Crippen LogP contribution in [0.1, 0.15) is 55.7 Å². The number of pyridine rings is 2. The number of piperazine rings is 1. The van der Waals surface area contributed by atoms with Crippen LogP contribution < -0.4 is 15.5 Å². The van der Waals surface area contributed by atoms with Crippen LogP contribution in [0.3, 0.4) is 0 Å². The number of aryl methyl sites for hydroxylation is 3. The number of fused-ring (bicyclic) bond motifs is 6. The zero-order valence-corrected chi connectivity index (χ0v) is 46.2. The zero-order valence-electron chi connectivity index (χ0n) is 46.2. The molecule has 12 aromatic rings. The van der Waals surface area contributed by atoms with Gasteiger partial charge in [0.1, 0.15) is 0 Å². The Morgan fingerprint density at radius 2 is 0.975 bits per heavy atom. The highest BCUT2D eigenvalue weighted by molar-refractivity contribution is 5.90. The molecule has 0 atom stereocenters. The monoisotopic (exact) mass is 1060 g/mol. The zero-order chi connectivity index (χ0) is 54.1. The summed E-state index contributed by atoms with van der Waals surface area (Å²) in [5.41, 5.74) is 15.7. The average Bonchev–Trinajstić information content (AvgIpc) is 4.22. The van der Waals surface area contributed by atoms with Gasteiger partial charge in [0.05, 0.1) is 38.8 Å². The first-order valence-corrected chi connectivity index (χ1v) is 28.5. The molecule has 6 aromatic heterocycles. The summed E-state index contributed by atoms with van der Waals surface area (Å²) in [5.74, 6) is 2.01. The number of hydrogen-bond acceptors (Lipinski definition) is 11. The van der Waals surface area contributed by atoms with Gasteiger partial charge < -0.3 is 20.4 Å². The lowest BCUT2D eigenvalue weighted by Crippen LogP contribution is -2.43. The number of likely N-dealkylation sites (tertiary alicyclic amines) is 1. The van der Waals surface area contributed by atoms with Crippen molar-refractivity contribution in [3.05, 3.63) is 170 Å². The Labute approximate surface area is 466 Å². The molecule has 0 spiro atoms. The van der Waals surface area contributed by atoms with Crippen molar-refractivity contribution in [3.8, 4) is 33.8 Å². The standard InChI is InChI=1S/C24H26N4.2C21H21N5/c1-3-28-12-10-17(11-13-28)22-8-6-20-14-18(4-7-23(20)25-22)19-5-9-24-21(15-19)16-27(2)26-24;1-25-14-17-12-15(3-6-21(17)24-25)19-5-2-16-13-18(4-7-20(16)23-19)26-10-8-22-9-11-26;1-26-13-18-11-16(3-5-20(18)25-26)21-23-12-17-10-15(2-4-19(17)24-21)14-6-8-22-9-7-14/h4-9,14-17H,3,10-13H2,1-2H3;2-7,12-14,22H,8-11H2,1H3;2-5,10-14,22H,6-9H2,1H3. The van der Waals surface area contributed by atoms with Gasteiger partial charge in [-0.15, -0.1) is 0 Å². The van der Waals surface area contributed by atoms with E-state index in [2.05, 4.69) is 175 Å². The molecule has 3 fully saturated rings. The van der Waals surface area contributed by atoms with Crippen LogP contribution >= 0.6 is 0 Å². The maximum absolute atomic E-state index is 5.01. The third-order valence-corrected chi connectivity index (χ3v) is 16.5. The Bertz CT molecular complexity index is 4000. The number of hydrogen-bond donors (Lipinski definition) is 2. The molecule has 14 nitrogen and oxygen atoms in total. The molecular formula is C66H68N14. The second-order valence-electron chi connectivity index (χ2n) is 21.9. The Balaban J connectivity index is 0.000000113. The van der Waals surface area contributed by atoms with Crippen LogP contribution in [0.15, 0.2) is 158 Å². The number of aromatic nitrogens is 10. The van der Waals surface area contributed by atoms with Crippen LogP contribution in [0.2, 0.25) is 0 Å². The van der Waals surface area contributed by atoms with Gasteiger partial charge in [0.15, 0.2) is 5.82 Å². The summed E-state index contributed by atoms with van der Waals surface area (Å²) in [6.07, 6.45) is 12.9. The van der Waals surface area contributed by atoms with Gasteiger partial charge in [-0.3, -0.25) is 19.0 Å². The van der Waals surface area contributed by atoms with Crippen LogP contribution in [-0.2, 0) is 21.1 Å². The van der Waals surface area contributed by atoms with Gasteiger partial charge in [-0.25, -0.2) is 15.0 Å². The number of nitrogens with one attached hydrogen (secondary N) is 2. The molecule has 0 bridgehead atoms. The Morgan fingerprint density at radius 1 is 0.438 bits per heavy atom. The quantitative estimate of drug-likeness (QED) is 0.158. The van der Waals surface area contributed by atoms with Gasteiger partial charge in [-0.2, -0.15) is 15.3 Å². The summed E-state index contributed by atoms with van der Waals surface area (Å²) in [7, 11) is 5.85.